The van der Waals surface area contributed by atoms with E-state index in [2.05, 4.69) is 20.3 Å². The van der Waals surface area contributed by atoms with Crippen LogP contribution in [0.1, 0.15) is 78.5 Å². The fraction of sp³-hybridized carbons (Fsp3) is 0.414. The first kappa shape index (κ1) is 24.8. The van der Waals surface area contributed by atoms with Crippen LogP contribution in [0.5, 0.6) is 0 Å². The minimum Gasteiger partial charge on any atom is -0.349 e. The van der Waals surface area contributed by atoms with Crippen LogP contribution in [-0.4, -0.2) is 33.1 Å². The zero-order valence-corrected chi connectivity index (χ0v) is 20.7. The van der Waals surface area contributed by atoms with Crippen LogP contribution in [-0.2, 0) is 0 Å². The number of H-pyrrole nitrogens is 1. The molecule has 0 spiro atoms. The maximum absolute atomic E-state index is 14.4. The lowest BCUT2D eigenvalue weighted by atomic mass is 9.73. The second-order valence-corrected chi connectivity index (χ2v) is 10.6. The third kappa shape index (κ3) is 4.74. The fourth-order valence-electron chi connectivity index (χ4n) is 6.04. The van der Waals surface area contributed by atoms with Crippen LogP contribution in [0.15, 0.2) is 48.7 Å². The lowest BCUT2D eigenvalue weighted by molar-refractivity contribution is -0.166. The zero-order chi connectivity index (χ0) is 26.4. The predicted octanol–water partition coefficient (Wildman–Crippen LogP) is 7.15. The molecule has 2 aliphatic rings. The van der Waals surface area contributed by atoms with E-state index in [9.17, 15) is 22.4 Å². The number of rotatable bonds is 5. The summed E-state index contributed by atoms with van der Waals surface area (Å²) in [6.45, 7) is 0. The summed E-state index contributed by atoms with van der Waals surface area (Å²) in [5.74, 6) is -3.00. The summed E-state index contributed by atoms with van der Waals surface area (Å²) in [6, 6.07) is 11.3. The van der Waals surface area contributed by atoms with Crippen molar-refractivity contribution in [2.75, 3.05) is 0 Å². The van der Waals surface area contributed by atoms with E-state index in [0.29, 0.717) is 47.8 Å². The molecule has 4 aromatic rings. The number of halogens is 4. The predicted molar refractivity (Wildman–Crippen MR) is 136 cm³/mol. The molecule has 2 aromatic heterocycles. The quantitative estimate of drug-likeness (QED) is 0.272. The normalized spacial score (nSPS) is 21.4. The molecule has 2 fully saturated rings. The Balaban J connectivity index is 1.23. The van der Waals surface area contributed by atoms with Gasteiger partial charge in [-0.05, 0) is 105 Å². The summed E-state index contributed by atoms with van der Waals surface area (Å²) < 4.78 is 57.2. The molecule has 38 heavy (non-hydrogen) atoms. The van der Waals surface area contributed by atoms with Crippen LogP contribution in [0.2, 0.25) is 0 Å². The van der Waals surface area contributed by atoms with Gasteiger partial charge < -0.3 is 10.3 Å². The van der Waals surface area contributed by atoms with Gasteiger partial charge in [0.2, 0.25) is 0 Å². The number of imidazole rings is 1. The van der Waals surface area contributed by atoms with Crippen molar-refractivity contribution in [3.63, 3.8) is 0 Å². The van der Waals surface area contributed by atoms with E-state index in [1.807, 2.05) is 6.07 Å². The number of amides is 1. The molecule has 0 unspecified atom stereocenters. The number of hydrogen-bond donors (Lipinski definition) is 2. The molecule has 0 saturated heterocycles. The maximum Gasteiger partial charge on any atom is 0.399 e. The van der Waals surface area contributed by atoms with Crippen molar-refractivity contribution >= 4 is 27.8 Å². The van der Waals surface area contributed by atoms with Gasteiger partial charge in [-0.3, -0.25) is 9.78 Å². The van der Waals surface area contributed by atoms with Gasteiger partial charge in [-0.15, -0.1) is 0 Å². The Morgan fingerprint density at radius 2 is 1.76 bits per heavy atom. The molecule has 0 aliphatic heterocycles. The molecule has 2 N–H and O–H groups in total. The topological polar surface area (TPSA) is 70.7 Å². The molecule has 198 valence electrons. The lowest BCUT2D eigenvalue weighted by Gasteiger charge is -2.34. The molecule has 0 radical (unpaired) electrons. The number of aromatic nitrogens is 3. The molecule has 2 aromatic carbocycles. The Bertz CT molecular complexity index is 1490. The van der Waals surface area contributed by atoms with Crippen molar-refractivity contribution in [1.82, 2.24) is 20.3 Å². The Kier molecular flexibility index (Phi) is 6.32. The van der Waals surface area contributed by atoms with Crippen LogP contribution >= 0.6 is 0 Å². The summed E-state index contributed by atoms with van der Waals surface area (Å²) in [4.78, 5) is 24.1. The van der Waals surface area contributed by atoms with Gasteiger partial charge in [-0.25, -0.2) is 9.37 Å². The first-order chi connectivity index (χ1) is 18.3. The summed E-state index contributed by atoms with van der Waals surface area (Å²) in [5, 5.41) is 3.67. The standard InChI is InChI=1S/C29H28F4N4O/c30-19-9-11-23-22(15-19)21(12-13-34-23)16-4-6-17(7-5-16)26(29(31,32)33)27-36-24-10-8-18(14-25(24)37-27)28(38)35-20-2-1-3-20/h8-17,20,26H,1-7H2,(H,35,38)(H,36,37)/t16-,17+,26-/m1/s1. The number of carbonyl (C=O) groups is 1. The number of carbonyl (C=O) groups excluding carboxylic acids is 1. The van der Waals surface area contributed by atoms with E-state index in [4.69, 9.17) is 0 Å². The van der Waals surface area contributed by atoms with E-state index in [-0.39, 0.29) is 29.5 Å². The molecule has 5 nitrogen and oxygen atoms in total. The highest BCUT2D eigenvalue weighted by Gasteiger charge is 2.48. The van der Waals surface area contributed by atoms with Gasteiger partial charge in [-0.1, -0.05) is 0 Å². The minimum atomic E-state index is -4.47. The van der Waals surface area contributed by atoms with Crippen molar-refractivity contribution in [3.05, 3.63) is 71.4 Å². The van der Waals surface area contributed by atoms with E-state index >= 15 is 0 Å². The van der Waals surface area contributed by atoms with Gasteiger partial charge in [0.25, 0.3) is 5.91 Å². The number of fused-ring (bicyclic) bond motifs is 2. The van der Waals surface area contributed by atoms with Gasteiger partial charge in [0.05, 0.1) is 16.6 Å². The lowest BCUT2D eigenvalue weighted by Crippen LogP contribution is -2.39. The van der Waals surface area contributed by atoms with Crippen molar-refractivity contribution in [3.8, 4) is 0 Å². The van der Waals surface area contributed by atoms with E-state index in [1.54, 1.807) is 30.5 Å². The van der Waals surface area contributed by atoms with Crippen LogP contribution in [0.4, 0.5) is 17.6 Å². The van der Waals surface area contributed by atoms with Crippen LogP contribution in [0.25, 0.3) is 21.9 Å². The average Bonchev–Trinajstić information content (AvgIpc) is 3.28. The van der Waals surface area contributed by atoms with Crippen molar-refractivity contribution in [2.24, 2.45) is 5.92 Å². The van der Waals surface area contributed by atoms with Crippen molar-refractivity contribution < 1.29 is 22.4 Å². The highest BCUT2D eigenvalue weighted by molar-refractivity contribution is 5.97. The second-order valence-electron chi connectivity index (χ2n) is 10.6. The number of benzene rings is 2. The van der Waals surface area contributed by atoms with Crippen LogP contribution < -0.4 is 5.32 Å². The summed E-state index contributed by atoms with van der Waals surface area (Å²) >= 11 is 0. The highest BCUT2D eigenvalue weighted by Crippen LogP contribution is 2.48. The molecule has 2 aliphatic carbocycles. The molecule has 0 bridgehead atoms. The zero-order valence-electron chi connectivity index (χ0n) is 20.7. The smallest absolute Gasteiger partial charge is 0.349 e. The van der Waals surface area contributed by atoms with Gasteiger partial charge >= 0.3 is 6.18 Å². The average molecular weight is 525 g/mol. The molecule has 6 rings (SSSR count). The van der Waals surface area contributed by atoms with E-state index in [0.717, 1.165) is 30.2 Å². The van der Waals surface area contributed by atoms with Gasteiger partial charge in [0.1, 0.15) is 17.6 Å². The SMILES string of the molecule is O=C(NC1CCC1)c1ccc2[nH]c([C@@H]([C@H]3CC[C@@H](c4ccnc5ccc(F)cc54)CC3)C(F)(F)F)nc2c1. The van der Waals surface area contributed by atoms with Crippen LogP contribution in [0, 0.1) is 11.7 Å². The number of alkyl halides is 3. The van der Waals surface area contributed by atoms with Crippen molar-refractivity contribution in [1.29, 1.82) is 0 Å². The largest absolute Gasteiger partial charge is 0.399 e. The van der Waals surface area contributed by atoms with E-state index < -0.39 is 18.0 Å². The highest BCUT2D eigenvalue weighted by atomic mass is 19.4. The Labute approximate surface area is 217 Å². The second kappa shape index (κ2) is 9.67. The third-order valence-corrected chi connectivity index (χ3v) is 8.27. The number of aromatic amines is 1. The summed E-state index contributed by atoms with van der Waals surface area (Å²) in [6.07, 6.45) is 2.08. The summed E-state index contributed by atoms with van der Waals surface area (Å²) in [5.41, 5.74) is 2.85. The Morgan fingerprint density at radius 1 is 0.974 bits per heavy atom. The molecule has 1 atom stereocenters. The molecular weight excluding hydrogens is 496 g/mol. The summed E-state index contributed by atoms with van der Waals surface area (Å²) in [7, 11) is 0. The monoisotopic (exact) mass is 524 g/mol. The first-order valence-electron chi connectivity index (χ1n) is 13.2. The Morgan fingerprint density at radius 3 is 2.47 bits per heavy atom. The van der Waals surface area contributed by atoms with Crippen molar-refractivity contribution in [2.45, 2.75) is 69.0 Å². The molecular formula is C29H28F4N4O. The fourth-order valence-corrected chi connectivity index (χ4v) is 6.04. The molecule has 1 amide bonds. The number of hydrogen-bond acceptors (Lipinski definition) is 3. The van der Waals surface area contributed by atoms with E-state index in [1.165, 1.54) is 12.1 Å². The molecule has 9 heteroatoms. The van der Waals surface area contributed by atoms with Gasteiger partial charge in [0.15, 0.2) is 0 Å². The third-order valence-electron chi connectivity index (χ3n) is 8.27. The first-order valence-corrected chi connectivity index (χ1v) is 13.2. The number of nitrogens with zero attached hydrogens (tertiary/aromatic N) is 2. The Hall–Kier alpha value is -3.49. The molecule has 2 heterocycles. The number of pyridine rings is 1. The van der Waals surface area contributed by atoms with Crippen LogP contribution in [0.3, 0.4) is 0 Å². The van der Waals surface area contributed by atoms with Gasteiger partial charge in [0, 0.05) is 23.2 Å². The maximum atomic E-state index is 14.4. The minimum absolute atomic E-state index is 0.0415. The number of nitrogens with one attached hydrogen (secondary N) is 2. The molecule has 2 saturated carbocycles. The van der Waals surface area contributed by atoms with Gasteiger partial charge in [-0.2, -0.15) is 13.2 Å².